The fourth-order valence-corrected chi connectivity index (χ4v) is 5.68. The molecule has 0 bridgehead atoms. The first-order valence-electron chi connectivity index (χ1n) is 12.2. The van der Waals surface area contributed by atoms with E-state index in [-0.39, 0.29) is 11.6 Å². The average Bonchev–Trinajstić information content (AvgIpc) is 3.38. The number of halogens is 5. The van der Waals surface area contributed by atoms with E-state index in [1.165, 1.54) is 4.90 Å². The summed E-state index contributed by atoms with van der Waals surface area (Å²) in [5, 5.41) is 5.91. The van der Waals surface area contributed by atoms with Gasteiger partial charge in [-0.25, -0.2) is 4.79 Å². The molecule has 2 aromatic rings. The number of rotatable bonds is 5. The van der Waals surface area contributed by atoms with Gasteiger partial charge in [0.05, 0.1) is 5.69 Å². The van der Waals surface area contributed by atoms with E-state index in [1.807, 2.05) is 16.8 Å². The zero-order valence-corrected chi connectivity index (χ0v) is 22.1. The van der Waals surface area contributed by atoms with Gasteiger partial charge in [-0.1, -0.05) is 23.2 Å². The first-order valence-corrected chi connectivity index (χ1v) is 13.0. The summed E-state index contributed by atoms with van der Waals surface area (Å²) >= 11 is 12.5. The standard InChI is InChI=1S/C25H31Cl2F3N4O2/c1-16(2)34-15-19(22(31-34)18-11-20(26)13-21(27)12-18)14-33-8-4-5-24(33)6-9-32(10-7-24)23(35)36-17(3)25(28,29)30/h11-13,15-17H,4-10,14H2,1-3H3. The molecule has 1 amide bonds. The van der Waals surface area contributed by atoms with Crippen LogP contribution in [0.3, 0.4) is 0 Å². The maximum atomic E-state index is 12.8. The third-order valence-electron chi connectivity index (χ3n) is 7.27. The van der Waals surface area contributed by atoms with Gasteiger partial charge in [0.15, 0.2) is 6.10 Å². The second-order valence-electron chi connectivity index (χ2n) is 10.0. The van der Waals surface area contributed by atoms with Crippen LogP contribution < -0.4 is 0 Å². The first-order chi connectivity index (χ1) is 16.9. The van der Waals surface area contributed by atoms with Crippen molar-refractivity contribution >= 4 is 29.3 Å². The molecule has 2 aliphatic heterocycles. The summed E-state index contributed by atoms with van der Waals surface area (Å²) in [6.45, 7) is 7.28. The van der Waals surface area contributed by atoms with Crippen LogP contribution in [0.5, 0.6) is 0 Å². The zero-order chi connectivity index (χ0) is 26.3. The van der Waals surface area contributed by atoms with Gasteiger partial charge in [-0.3, -0.25) is 9.58 Å². The minimum atomic E-state index is -4.57. The molecule has 1 aromatic carbocycles. The van der Waals surface area contributed by atoms with Crippen molar-refractivity contribution in [3.8, 4) is 11.3 Å². The third kappa shape index (κ3) is 5.78. The van der Waals surface area contributed by atoms with E-state index in [0.29, 0.717) is 42.5 Å². The number of likely N-dealkylation sites (tertiary alicyclic amines) is 2. The summed E-state index contributed by atoms with van der Waals surface area (Å²) in [6.07, 6.45) is -2.18. The van der Waals surface area contributed by atoms with Gasteiger partial charge in [0.1, 0.15) is 0 Å². The molecule has 2 aliphatic rings. The number of amides is 1. The summed E-state index contributed by atoms with van der Waals surface area (Å²) in [5.74, 6) is 0. The van der Waals surface area contributed by atoms with Crippen LogP contribution in [0.4, 0.5) is 18.0 Å². The number of ether oxygens (including phenoxy) is 1. The Morgan fingerprint density at radius 3 is 2.31 bits per heavy atom. The fraction of sp³-hybridized carbons (Fsp3) is 0.600. The third-order valence-corrected chi connectivity index (χ3v) is 7.70. The number of piperidine rings is 1. The van der Waals surface area contributed by atoms with Gasteiger partial charge in [-0.2, -0.15) is 18.3 Å². The maximum Gasteiger partial charge on any atom is 0.425 e. The lowest BCUT2D eigenvalue weighted by atomic mass is 9.85. The molecule has 198 valence electrons. The monoisotopic (exact) mass is 546 g/mol. The summed E-state index contributed by atoms with van der Waals surface area (Å²) < 4.78 is 45.0. The van der Waals surface area contributed by atoms with E-state index in [4.69, 9.17) is 28.3 Å². The van der Waals surface area contributed by atoms with Crippen molar-refractivity contribution in [3.05, 3.63) is 40.0 Å². The molecule has 4 rings (SSSR count). The quantitative estimate of drug-likeness (QED) is 0.406. The van der Waals surface area contributed by atoms with Gasteiger partial charge >= 0.3 is 12.3 Å². The lowest BCUT2D eigenvalue weighted by molar-refractivity contribution is -0.200. The van der Waals surface area contributed by atoms with E-state index < -0.39 is 18.4 Å². The summed E-state index contributed by atoms with van der Waals surface area (Å²) in [6, 6.07) is 5.58. The summed E-state index contributed by atoms with van der Waals surface area (Å²) in [4.78, 5) is 16.1. The van der Waals surface area contributed by atoms with Gasteiger partial charge < -0.3 is 9.64 Å². The van der Waals surface area contributed by atoms with Gasteiger partial charge in [-0.15, -0.1) is 0 Å². The van der Waals surface area contributed by atoms with Crippen molar-refractivity contribution in [2.45, 2.75) is 76.9 Å². The van der Waals surface area contributed by atoms with Gasteiger partial charge in [0.2, 0.25) is 0 Å². The Hall–Kier alpha value is -1.97. The predicted molar refractivity (Wildman–Crippen MR) is 133 cm³/mol. The van der Waals surface area contributed by atoms with Crippen LogP contribution in [-0.2, 0) is 11.3 Å². The minimum absolute atomic E-state index is 0.115. The Balaban J connectivity index is 1.50. The normalized spacial score (nSPS) is 19.3. The summed E-state index contributed by atoms with van der Waals surface area (Å²) in [7, 11) is 0. The number of benzene rings is 1. The zero-order valence-electron chi connectivity index (χ0n) is 20.6. The number of carbonyl (C=O) groups is 1. The molecule has 0 aliphatic carbocycles. The SMILES string of the molecule is CC(C)n1cc(CN2CCCC23CCN(C(=O)OC(C)C(F)(F)F)CC3)c(-c2cc(Cl)cc(Cl)c2)n1. The molecule has 36 heavy (non-hydrogen) atoms. The second kappa shape index (κ2) is 10.4. The van der Waals surface area contributed by atoms with Crippen LogP contribution in [0, 0.1) is 0 Å². The van der Waals surface area contributed by atoms with E-state index in [9.17, 15) is 18.0 Å². The second-order valence-corrected chi connectivity index (χ2v) is 10.9. The Labute approximate surface area is 219 Å². The van der Waals surface area contributed by atoms with Gasteiger partial charge in [-0.05, 0) is 71.2 Å². The predicted octanol–water partition coefficient (Wildman–Crippen LogP) is 6.96. The van der Waals surface area contributed by atoms with Crippen molar-refractivity contribution in [2.24, 2.45) is 0 Å². The Bertz CT molecular complexity index is 1080. The highest BCUT2D eigenvalue weighted by Crippen LogP contribution is 2.41. The molecule has 0 saturated carbocycles. The molecule has 2 fully saturated rings. The van der Waals surface area contributed by atoms with Crippen molar-refractivity contribution in [3.63, 3.8) is 0 Å². The smallest absolute Gasteiger partial charge is 0.425 e. The number of hydrogen-bond acceptors (Lipinski definition) is 4. The highest BCUT2D eigenvalue weighted by Gasteiger charge is 2.45. The number of carbonyl (C=O) groups excluding carboxylic acids is 1. The van der Waals surface area contributed by atoms with E-state index in [0.717, 1.165) is 43.1 Å². The van der Waals surface area contributed by atoms with E-state index in [1.54, 1.807) is 6.07 Å². The van der Waals surface area contributed by atoms with Crippen LogP contribution in [0.25, 0.3) is 11.3 Å². The van der Waals surface area contributed by atoms with Crippen LogP contribution in [0.15, 0.2) is 24.4 Å². The fourth-order valence-electron chi connectivity index (χ4n) is 5.15. The van der Waals surface area contributed by atoms with Crippen LogP contribution in [-0.4, -0.2) is 63.1 Å². The van der Waals surface area contributed by atoms with Crippen molar-refractivity contribution in [1.82, 2.24) is 19.6 Å². The molecule has 0 N–H and O–H groups in total. The van der Waals surface area contributed by atoms with Crippen molar-refractivity contribution in [1.29, 1.82) is 0 Å². The Morgan fingerprint density at radius 1 is 1.08 bits per heavy atom. The molecule has 6 nitrogen and oxygen atoms in total. The molecule has 2 saturated heterocycles. The van der Waals surface area contributed by atoms with Crippen molar-refractivity contribution in [2.75, 3.05) is 19.6 Å². The maximum absolute atomic E-state index is 12.8. The molecule has 11 heteroatoms. The number of hydrogen-bond donors (Lipinski definition) is 0. The molecule has 1 atom stereocenters. The minimum Gasteiger partial charge on any atom is -0.437 e. The highest BCUT2D eigenvalue weighted by atomic mass is 35.5. The van der Waals surface area contributed by atoms with Gasteiger partial charge in [0.25, 0.3) is 0 Å². The average molecular weight is 547 g/mol. The van der Waals surface area contributed by atoms with E-state index in [2.05, 4.69) is 29.7 Å². The molecule has 3 heterocycles. The van der Waals surface area contributed by atoms with Crippen LogP contribution in [0.1, 0.15) is 58.1 Å². The molecule has 0 radical (unpaired) electrons. The van der Waals surface area contributed by atoms with Crippen molar-refractivity contribution < 1.29 is 22.7 Å². The molecule has 1 unspecified atom stereocenters. The largest absolute Gasteiger partial charge is 0.437 e. The molecular weight excluding hydrogens is 516 g/mol. The molecular formula is C25H31Cl2F3N4O2. The highest BCUT2D eigenvalue weighted by molar-refractivity contribution is 6.35. The number of alkyl halides is 3. The Kier molecular flexibility index (Phi) is 7.84. The Morgan fingerprint density at radius 2 is 1.72 bits per heavy atom. The van der Waals surface area contributed by atoms with Gasteiger partial charge in [0, 0.05) is 58.6 Å². The topological polar surface area (TPSA) is 50.6 Å². The molecule has 1 spiro atoms. The summed E-state index contributed by atoms with van der Waals surface area (Å²) in [5.41, 5.74) is 2.63. The lowest BCUT2D eigenvalue weighted by Crippen LogP contribution is -2.53. The number of nitrogens with zero attached hydrogens (tertiary/aromatic N) is 4. The first kappa shape index (κ1) is 27.1. The number of aromatic nitrogens is 2. The molecule has 1 aromatic heterocycles. The van der Waals surface area contributed by atoms with E-state index >= 15 is 0 Å². The lowest BCUT2D eigenvalue weighted by Gasteiger charge is -2.45. The van der Waals surface area contributed by atoms with Crippen LogP contribution >= 0.6 is 23.2 Å². The van der Waals surface area contributed by atoms with Crippen LogP contribution in [0.2, 0.25) is 10.0 Å².